The molecule has 5 nitrogen and oxygen atoms in total. The number of nitrogens with one attached hydrogen (secondary N) is 1. The number of nitrogens with zero attached hydrogens (tertiary/aromatic N) is 2. The SMILES string of the molecule is CC(C)CNCC1CCCN(S(=O)(=O)N2CCCC2)C1. The van der Waals surface area contributed by atoms with Crippen LogP contribution in [-0.2, 0) is 10.2 Å². The van der Waals surface area contributed by atoms with E-state index in [1.54, 1.807) is 8.61 Å². The van der Waals surface area contributed by atoms with Gasteiger partial charge >= 0.3 is 0 Å². The summed E-state index contributed by atoms with van der Waals surface area (Å²) in [5, 5.41) is 3.46. The van der Waals surface area contributed by atoms with Gasteiger partial charge in [0.1, 0.15) is 0 Å². The summed E-state index contributed by atoms with van der Waals surface area (Å²) in [5.74, 6) is 1.10. The predicted molar refractivity (Wildman–Crippen MR) is 81.7 cm³/mol. The average Bonchev–Trinajstić information content (AvgIpc) is 2.93. The lowest BCUT2D eigenvalue weighted by Gasteiger charge is -2.34. The van der Waals surface area contributed by atoms with E-state index in [9.17, 15) is 8.42 Å². The monoisotopic (exact) mass is 303 g/mol. The minimum Gasteiger partial charge on any atom is -0.316 e. The largest absolute Gasteiger partial charge is 0.316 e. The molecule has 0 amide bonds. The molecule has 1 unspecified atom stereocenters. The van der Waals surface area contributed by atoms with Crippen LogP contribution in [-0.4, -0.2) is 56.3 Å². The molecule has 0 spiro atoms. The van der Waals surface area contributed by atoms with Crippen molar-refractivity contribution < 1.29 is 8.42 Å². The molecule has 6 heteroatoms. The lowest BCUT2D eigenvalue weighted by molar-refractivity contribution is 0.245. The van der Waals surface area contributed by atoms with Gasteiger partial charge in [0, 0.05) is 26.2 Å². The maximum atomic E-state index is 12.5. The fourth-order valence-electron chi connectivity index (χ4n) is 3.06. The molecule has 0 aromatic carbocycles. The van der Waals surface area contributed by atoms with Crippen LogP contribution in [0, 0.1) is 11.8 Å². The topological polar surface area (TPSA) is 52.7 Å². The minimum absolute atomic E-state index is 0.458. The van der Waals surface area contributed by atoms with Gasteiger partial charge in [0.2, 0.25) is 0 Å². The van der Waals surface area contributed by atoms with E-state index < -0.39 is 10.2 Å². The fraction of sp³-hybridized carbons (Fsp3) is 1.00. The Morgan fingerprint density at radius 3 is 2.40 bits per heavy atom. The number of hydrogen-bond acceptors (Lipinski definition) is 3. The lowest BCUT2D eigenvalue weighted by Crippen LogP contribution is -2.48. The molecule has 1 atom stereocenters. The highest BCUT2D eigenvalue weighted by atomic mass is 32.2. The quantitative estimate of drug-likeness (QED) is 0.804. The molecule has 2 aliphatic rings. The summed E-state index contributed by atoms with van der Waals surface area (Å²) in [6, 6.07) is 0. The number of piperidine rings is 1. The molecule has 20 heavy (non-hydrogen) atoms. The summed E-state index contributed by atoms with van der Waals surface area (Å²) in [5.41, 5.74) is 0. The van der Waals surface area contributed by atoms with Crippen molar-refractivity contribution in [1.82, 2.24) is 13.9 Å². The highest BCUT2D eigenvalue weighted by Gasteiger charge is 2.34. The third-order valence-electron chi connectivity index (χ3n) is 4.18. The molecular formula is C14H29N3O2S. The second-order valence-electron chi connectivity index (χ2n) is 6.53. The summed E-state index contributed by atoms with van der Waals surface area (Å²) in [7, 11) is -3.20. The van der Waals surface area contributed by atoms with Crippen LogP contribution in [0.4, 0.5) is 0 Å². The predicted octanol–water partition coefficient (Wildman–Crippen LogP) is 1.28. The number of rotatable bonds is 6. The van der Waals surface area contributed by atoms with Gasteiger partial charge in [-0.25, -0.2) is 0 Å². The minimum atomic E-state index is -3.20. The van der Waals surface area contributed by atoms with Crippen molar-refractivity contribution in [2.75, 3.05) is 39.3 Å². The Kier molecular flexibility index (Phi) is 5.84. The van der Waals surface area contributed by atoms with Gasteiger partial charge in [0.05, 0.1) is 0 Å². The van der Waals surface area contributed by atoms with E-state index in [-0.39, 0.29) is 0 Å². The molecule has 2 heterocycles. The zero-order chi connectivity index (χ0) is 14.6. The summed E-state index contributed by atoms with van der Waals surface area (Å²) in [4.78, 5) is 0. The molecule has 0 radical (unpaired) electrons. The Hall–Kier alpha value is -0.170. The van der Waals surface area contributed by atoms with Crippen LogP contribution in [0.5, 0.6) is 0 Å². The normalized spacial score (nSPS) is 26.4. The average molecular weight is 303 g/mol. The molecule has 0 aliphatic carbocycles. The summed E-state index contributed by atoms with van der Waals surface area (Å²) < 4.78 is 28.5. The second kappa shape index (κ2) is 7.20. The van der Waals surface area contributed by atoms with E-state index in [4.69, 9.17) is 0 Å². The van der Waals surface area contributed by atoms with Crippen LogP contribution in [0.15, 0.2) is 0 Å². The van der Waals surface area contributed by atoms with Gasteiger partial charge in [-0.05, 0) is 50.6 Å². The van der Waals surface area contributed by atoms with Crippen molar-refractivity contribution >= 4 is 10.2 Å². The van der Waals surface area contributed by atoms with Crippen LogP contribution in [0.2, 0.25) is 0 Å². The van der Waals surface area contributed by atoms with Crippen LogP contribution in [0.1, 0.15) is 39.5 Å². The van der Waals surface area contributed by atoms with E-state index in [0.29, 0.717) is 38.0 Å². The van der Waals surface area contributed by atoms with E-state index >= 15 is 0 Å². The van der Waals surface area contributed by atoms with Crippen LogP contribution in [0.25, 0.3) is 0 Å². The Labute approximate surface area is 123 Å². The zero-order valence-corrected chi connectivity index (χ0v) is 13.7. The zero-order valence-electron chi connectivity index (χ0n) is 12.8. The van der Waals surface area contributed by atoms with Crippen molar-refractivity contribution in [3.63, 3.8) is 0 Å². The Balaban J connectivity index is 1.86. The first-order valence-electron chi connectivity index (χ1n) is 7.96. The number of hydrogen-bond donors (Lipinski definition) is 1. The highest BCUT2D eigenvalue weighted by Crippen LogP contribution is 2.23. The summed E-state index contributed by atoms with van der Waals surface area (Å²) >= 11 is 0. The molecule has 2 fully saturated rings. The third-order valence-corrected chi connectivity index (χ3v) is 6.19. The third kappa shape index (κ3) is 4.16. The Morgan fingerprint density at radius 2 is 1.75 bits per heavy atom. The molecule has 2 rings (SSSR count). The smallest absolute Gasteiger partial charge is 0.281 e. The van der Waals surface area contributed by atoms with Gasteiger partial charge in [0.15, 0.2) is 0 Å². The van der Waals surface area contributed by atoms with Gasteiger partial charge in [-0.15, -0.1) is 0 Å². The highest BCUT2D eigenvalue weighted by molar-refractivity contribution is 7.86. The van der Waals surface area contributed by atoms with Crippen molar-refractivity contribution in [2.45, 2.75) is 39.5 Å². The Morgan fingerprint density at radius 1 is 1.10 bits per heavy atom. The maximum Gasteiger partial charge on any atom is 0.281 e. The van der Waals surface area contributed by atoms with Crippen LogP contribution < -0.4 is 5.32 Å². The fourth-order valence-corrected chi connectivity index (χ4v) is 4.87. The first-order chi connectivity index (χ1) is 9.50. The van der Waals surface area contributed by atoms with Gasteiger partial charge in [-0.3, -0.25) is 0 Å². The van der Waals surface area contributed by atoms with E-state index in [0.717, 1.165) is 38.8 Å². The molecular weight excluding hydrogens is 274 g/mol. The van der Waals surface area contributed by atoms with Crippen LogP contribution >= 0.6 is 0 Å². The summed E-state index contributed by atoms with van der Waals surface area (Å²) in [6.07, 6.45) is 4.14. The molecule has 0 aromatic heterocycles. The second-order valence-corrected chi connectivity index (χ2v) is 8.46. The van der Waals surface area contributed by atoms with E-state index in [1.807, 2.05) is 0 Å². The maximum absolute atomic E-state index is 12.5. The summed E-state index contributed by atoms with van der Waals surface area (Å²) in [6.45, 7) is 9.11. The van der Waals surface area contributed by atoms with Crippen LogP contribution in [0.3, 0.4) is 0 Å². The first kappa shape index (κ1) is 16.2. The molecule has 2 saturated heterocycles. The lowest BCUT2D eigenvalue weighted by atomic mass is 9.99. The molecule has 0 saturated carbocycles. The molecule has 0 aromatic rings. The van der Waals surface area contributed by atoms with Crippen molar-refractivity contribution in [2.24, 2.45) is 11.8 Å². The van der Waals surface area contributed by atoms with Gasteiger partial charge in [-0.2, -0.15) is 17.0 Å². The molecule has 118 valence electrons. The van der Waals surface area contributed by atoms with Gasteiger partial charge in [-0.1, -0.05) is 13.8 Å². The Bertz CT molecular complexity index is 391. The standard InChI is InChI=1S/C14H29N3O2S/c1-13(2)10-15-11-14-6-5-9-17(12-14)20(18,19)16-7-3-4-8-16/h13-15H,3-12H2,1-2H3. The molecule has 1 N–H and O–H groups in total. The van der Waals surface area contributed by atoms with E-state index in [2.05, 4.69) is 19.2 Å². The molecule has 0 bridgehead atoms. The van der Waals surface area contributed by atoms with Crippen molar-refractivity contribution in [1.29, 1.82) is 0 Å². The van der Waals surface area contributed by atoms with Gasteiger partial charge in [0.25, 0.3) is 10.2 Å². The first-order valence-corrected chi connectivity index (χ1v) is 9.36. The molecule has 2 aliphatic heterocycles. The van der Waals surface area contributed by atoms with Gasteiger partial charge < -0.3 is 5.32 Å². The van der Waals surface area contributed by atoms with Crippen molar-refractivity contribution in [3.8, 4) is 0 Å². The van der Waals surface area contributed by atoms with E-state index in [1.165, 1.54) is 0 Å². The van der Waals surface area contributed by atoms with Crippen molar-refractivity contribution in [3.05, 3.63) is 0 Å².